The van der Waals surface area contributed by atoms with Crippen molar-refractivity contribution in [3.63, 3.8) is 0 Å². The highest BCUT2D eigenvalue weighted by atomic mass is 16.2. The molecule has 24 heavy (non-hydrogen) atoms. The summed E-state index contributed by atoms with van der Waals surface area (Å²) >= 11 is 0. The van der Waals surface area contributed by atoms with Crippen molar-refractivity contribution in [1.82, 2.24) is 30.2 Å². The van der Waals surface area contributed by atoms with Gasteiger partial charge in [-0.2, -0.15) is 5.10 Å². The average Bonchev–Trinajstić information content (AvgIpc) is 2.86. The quantitative estimate of drug-likeness (QED) is 0.792. The maximum Gasteiger partial charge on any atom is 0.317 e. The monoisotopic (exact) mass is 334 g/mol. The van der Waals surface area contributed by atoms with E-state index in [1.54, 1.807) is 11.7 Å². The summed E-state index contributed by atoms with van der Waals surface area (Å²) in [5.74, 6) is 0.0846. The molecule has 2 fully saturated rings. The summed E-state index contributed by atoms with van der Waals surface area (Å²) in [5, 5.41) is 10.1. The number of aryl methyl sites for hydroxylation is 1. The van der Waals surface area contributed by atoms with Crippen molar-refractivity contribution in [3.8, 4) is 0 Å². The molecular weight excluding hydrogens is 308 g/mol. The highest BCUT2D eigenvalue weighted by molar-refractivity contribution is 5.78. The van der Waals surface area contributed by atoms with Gasteiger partial charge in [0.1, 0.15) is 0 Å². The van der Waals surface area contributed by atoms with Crippen LogP contribution in [0, 0.1) is 0 Å². The number of urea groups is 1. The Hall–Kier alpha value is -2.09. The van der Waals surface area contributed by atoms with Crippen molar-refractivity contribution < 1.29 is 9.59 Å². The van der Waals surface area contributed by atoms with Crippen LogP contribution in [-0.4, -0.2) is 70.3 Å². The van der Waals surface area contributed by atoms with Crippen LogP contribution in [0.25, 0.3) is 0 Å². The van der Waals surface area contributed by atoms with Gasteiger partial charge in [-0.25, -0.2) is 4.79 Å². The fraction of sp³-hybridized carbons (Fsp3) is 0.688. The fourth-order valence-corrected chi connectivity index (χ4v) is 3.79. The van der Waals surface area contributed by atoms with E-state index < -0.39 is 0 Å². The maximum atomic E-state index is 12.2. The zero-order valence-corrected chi connectivity index (χ0v) is 14.4. The zero-order chi connectivity index (χ0) is 17.2. The van der Waals surface area contributed by atoms with Crippen molar-refractivity contribution in [1.29, 1.82) is 0 Å². The smallest absolute Gasteiger partial charge is 0.317 e. The van der Waals surface area contributed by atoms with Crippen LogP contribution in [0.4, 0.5) is 4.79 Å². The van der Waals surface area contributed by atoms with Gasteiger partial charge in [0.2, 0.25) is 5.91 Å². The second-order valence-corrected chi connectivity index (χ2v) is 6.89. The van der Waals surface area contributed by atoms with E-state index in [1.807, 2.05) is 24.3 Å². The first-order valence-electron chi connectivity index (χ1n) is 8.47. The van der Waals surface area contributed by atoms with Crippen molar-refractivity contribution >= 4 is 11.9 Å². The lowest BCUT2D eigenvalue weighted by atomic mass is 9.87. The van der Waals surface area contributed by atoms with Crippen molar-refractivity contribution in [2.24, 2.45) is 7.05 Å². The van der Waals surface area contributed by atoms with E-state index >= 15 is 0 Å². The second-order valence-electron chi connectivity index (χ2n) is 6.89. The molecule has 3 amide bonds. The molecule has 8 heteroatoms. The Bertz CT molecular complexity index is 615. The van der Waals surface area contributed by atoms with Gasteiger partial charge in [-0.3, -0.25) is 14.4 Å². The van der Waals surface area contributed by atoms with E-state index in [0.29, 0.717) is 19.5 Å². The number of amides is 3. The summed E-state index contributed by atoms with van der Waals surface area (Å²) in [4.78, 5) is 28.3. The predicted molar refractivity (Wildman–Crippen MR) is 89.2 cm³/mol. The molecule has 0 saturated carbocycles. The Kier molecular flexibility index (Phi) is 4.75. The number of hydrogen-bond acceptors (Lipinski definition) is 4. The van der Waals surface area contributed by atoms with Gasteiger partial charge in [-0.1, -0.05) is 0 Å². The van der Waals surface area contributed by atoms with Crippen LogP contribution in [-0.2, 0) is 18.4 Å². The average molecular weight is 334 g/mol. The third kappa shape index (κ3) is 3.69. The van der Waals surface area contributed by atoms with Crippen LogP contribution < -0.4 is 10.6 Å². The van der Waals surface area contributed by atoms with E-state index in [2.05, 4.69) is 20.6 Å². The molecule has 1 spiro atoms. The molecule has 0 aromatic carbocycles. The molecular formula is C16H26N6O2. The van der Waals surface area contributed by atoms with Crippen LogP contribution in [0.3, 0.4) is 0 Å². The molecule has 0 bridgehead atoms. The number of rotatable bonds is 2. The van der Waals surface area contributed by atoms with Crippen LogP contribution >= 0.6 is 0 Å². The molecule has 2 saturated heterocycles. The van der Waals surface area contributed by atoms with Crippen molar-refractivity contribution in [3.05, 3.63) is 18.0 Å². The van der Waals surface area contributed by atoms with Gasteiger partial charge in [-0.15, -0.1) is 0 Å². The van der Waals surface area contributed by atoms with Crippen LogP contribution in [0.1, 0.15) is 24.8 Å². The van der Waals surface area contributed by atoms with Gasteiger partial charge in [0.15, 0.2) is 0 Å². The molecule has 1 aromatic rings. The molecule has 2 aliphatic heterocycles. The molecule has 132 valence electrons. The molecule has 0 aliphatic carbocycles. The molecule has 3 heterocycles. The SMILES string of the molecule is CNC(=O)N1CCN(Cc2cnn(C)c2)CC2(CCCC(=O)N2)C1. The Labute approximate surface area is 142 Å². The van der Waals surface area contributed by atoms with Crippen LogP contribution in [0.5, 0.6) is 0 Å². The summed E-state index contributed by atoms with van der Waals surface area (Å²) in [6, 6.07) is -0.0857. The summed E-state index contributed by atoms with van der Waals surface area (Å²) in [7, 11) is 3.55. The number of nitrogens with one attached hydrogen (secondary N) is 2. The van der Waals surface area contributed by atoms with Crippen molar-refractivity contribution in [2.75, 3.05) is 33.2 Å². The minimum Gasteiger partial charge on any atom is -0.348 e. The Morgan fingerprint density at radius 2 is 2.25 bits per heavy atom. The number of hydrogen-bond donors (Lipinski definition) is 2. The third-order valence-corrected chi connectivity index (χ3v) is 4.84. The highest BCUT2D eigenvalue weighted by Crippen LogP contribution is 2.25. The second kappa shape index (κ2) is 6.80. The molecule has 3 rings (SSSR count). The first-order chi connectivity index (χ1) is 11.5. The normalized spacial score (nSPS) is 25.4. The Morgan fingerprint density at radius 3 is 2.92 bits per heavy atom. The minimum atomic E-state index is -0.361. The predicted octanol–water partition coefficient (Wildman–Crippen LogP) is -0.0840. The first-order valence-corrected chi connectivity index (χ1v) is 8.47. The fourth-order valence-electron chi connectivity index (χ4n) is 3.79. The standard InChI is InChI=1S/C16H26N6O2/c1-17-15(24)22-7-6-21(10-13-8-18-20(2)9-13)11-16(12-22)5-3-4-14(23)19-16/h8-9H,3-7,10-12H2,1-2H3,(H,17,24)(H,19,23). The lowest BCUT2D eigenvalue weighted by molar-refractivity contribution is -0.125. The number of aromatic nitrogens is 2. The maximum absolute atomic E-state index is 12.2. The number of carbonyl (C=O) groups excluding carboxylic acids is 2. The lowest BCUT2D eigenvalue weighted by Gasteiger charge is -2.41. The van der Waals surface area contributed by atoms with Gasteiger partial charge in [0.05, 0.1) is 11.7 Å². The van der Waals surface area contributed by atoms with Crippen LogP contribution in [0.2, 0.25) is 0 Å². The Morgan fingerprint density at radius 1 is 1.42 bits per heavy atom. The topological polar surface area (TPSA) is 82.5 Å². The molecule has 1 aromatic heterocycles. The molecule has 1 atom stereocenters. The van der Waals surface area contributed by atoms with Gasteiger partial charge < -0.3 is 15.5 Å². The first kappa shape index (κ1) is 16.8. The summed E-state index contributed by atoms with van der Waals surface area (Å²) in [6.07, 6.45) is 6.22. The van der Waals surface area contributed by atoms with E-state index in [1.165, 1.54) is 0 Å². The highest BCUT2D eigenvalue weighted by Gasteiger charge is 2.41. The summed E-state index contributed by atoms with van der Waals surface area (Å²) in [6.45, 7) is 3.51. The third-order valence-electron chi connectivity index (χ3n) is 4.84. The minimum absolute atomic E-state index is 0.0846. The number of piperidine rings is 1. The summed E-state index contributed by atoms with van der Waals surface area (Å²) in [5.41, 5.74) is 0.781. The van der Waals surface area contributed by atoms with E-state index in [9.17, 15) is 9.59 Å². The Balaban J connectivity index is 1.79. The van der Waals surface area contributed by atoms with E-state index in [-0.39, 0.29) is 17.5 Å². The number of nitrogens with zero attached hydrogens (tertiary/aromatic N) is 4. The van der Waals surface area contributed by atoms with Gasteiger partial charge in [-0.05, 0) is 12.8 Å². The molecule has 2 aliphatic rings. The lowest BCUT2D eigenvalue weighted by Crippen LogP contribution is -2.62. The zero-order valence-electron chi connectivity index (χ0n) is 14.4. The van der Waals surface area contributed by atoms with Gasteiger partial charge in [0, 0.05) is 65.0 Å². The van der Waals surface area contributed by atoms with E-state index in [0.717, 1.165) is 38.0 Å². The molecule has 8 nitrogen and oxygen atoms in total. The molecule has 1 unspecified atom stereocenters. The van der Waals surface area contributed by atoms with Crippen LogP contribution in [0.15, 0.2) is 12.4 Å². The molecule has 0 radical (unpaired) electrons. The van der Waals surface area contributed by atoms with Gasteiger partial charge in [0.25, 0.3) is 0 Å². The molecule has 2 N–H and O–H groups in total. The summed E-state index contributed by atoms with van der Waals surface area (Å²) < 4.78 is 1.79. The largest absolute Gasteiger partial charge is 0.348 e. The van der Waals surface area contributed by atoms with E-state index in [4.69, 9.17) is 0 Å². The van der Waals surface area contributed by atoms with Crippen molar-refractivity contribution in [2.45, 2.75) is 31.3 Å². The van der Waals surface area contributed by atoms with Gasteiger partial charge >= 0.3 is 6.03 Å². The number of carbonyl (C=O) groups is 2.